The van der Waals surface area contributed by atoms with Gasteiger partial charge < -0.3 is 5.32 Å². The van der Waals surface area contributed by atoms with Gasteiger partial charge in [-0.15, -0.1) is 0 Å². The summed E-state index contributed by atoms with van der Waals surface area (Å²) in [5.41, 5.74) is -1.70. The number of rotatable bonds is 4. The molecule has 1 aliphatic carbocycles. The topological polar surface area (TPSA) is 72.7 Å². The molecule has 0 atom stereocenters. The molecule has 1 saturated carbocycles. The molecule has 1 N–H and O–H groups in total. The lowest BCUT2D eigenvalue weighted by Gasteiger charge is -2.28. The third kappa shape index (κ3) is 4.58. The standard InChI is InChI=1S/C16H16F5N5O/c17-13(18)9-1-3-10(4-2-9)23-14(27)11-7-12(16(19,20)21)25-15(24-11)26-6-5-22-8-26/h5-10,13H,1-4H2,(H,23,27)/t9-,10-. The lowest BCUT2D eigenvalue weighted by Crippen LogP contribution is -2.39. The van der Waals surface area contributed by atoms with Crippen LogP contribution in [0.25, 0.3) is 5.95 Å². The molecule has 2 aromatic rings. The van der Waals surface area contributed by atoms with Gasteiger partial charge in [-0.1, -0.05) is 0 Å². The molecule has 0 bridgehead atoms. The van der Waals surface area contributed by atoms with Gasteiger partial charge in [-0.05, 0) is 25.7 Å². The third-order valence-electron chi connectivity index (χ3n) is 4.44. The third-order valence-corrected chi connectivity index (χ3v) is 4.44. The van der Waals surface area contributed by atoms with Crippen molar-refractivity contribution < 1.29 is 26.7 Å². The molecule has 11 heteroatoms. The molecule has 0 unspecified atom stereocenters. The number of carbonyl (C=O) groups excluding carboxylic acids is 1. The molecular formula is C16H16F5N5O. The number of halogens is 5. The summed E-state index contributed by atoms with van der Waals surface area (Å²) in [6.45, 7) is 0. The van der Waals surface area contributed by atoms with E-state index in [1.807, 2.05) is 0 Å². The van der Waals surface area contributed by atoms with Gasteiger partial charge in [-0.2, -0.15) is 13.2 Å². The molecule has 2 heterocycles. The van der Waals surface area contributed by atoms with Crippen LogP contribution in [0.1, 0.15) is 41.9 Å². The number of nitrogens with zero attached hydrogens (tertiary/aromatic N) is 4. The van der Waals surface area contributed by atoms with Crippen LogP contribution >= 0.6 is 0 Å². The Morgan fingerprint density at radius 1 is 1.19 bits per heavy atom. The van der Waals surface area contributed by atoms with Crippen molar-refractivity contribution >= 4 is 5.91 Å². The predicted molar refractivity (Wildman–Crippen MR) is 83.4 cm³/mol. The van der Waals surface area contributed by atoms with Gasteiger partial charge in [0.25, 0.3) is 5.91 Å². The van der Waals surface area contributed by atoms with E-state index >= 15 is 0 Å². The fourth-order valence-electron chi connectivity index (χ4n) is 2.96. The molecule has 1 amide bonds. The normalized spacial score (nSPS) is 20.7. The lowest BCUT2D eigenvalue weighted by atomic mass is 9.86. The molecule has 0 spiro atoms. The monoisotopic (exact) mass is 389 g/mol. The minimum absolute atomic E-state index is 0.250. The highest BCUT2D eigenvalue weighted by Gasteiger charge is 2.35. The summed E-state index contributed by atoms with van der Waals surface area (Å²) in [5.74, 6) is -1.85. The average Bonchev–Trinajstić information content (AvgIpc) is 3.15. The lowest BCUT2D eigenvalue weighted by molar-refractivity contribution is -0.141. The predicted octanol–water partition coefficient (Wildman–Crippen LogP) is 3.23. The minimum Gasteiger partial charge on any atom is -0.348 e. The second kappa shape index (κ2) is 7.57. The maximum absolute atomic E-state index is 13.1. The van der Waals surface area contributed by atoms with Crippen molar-refractivity contribution in [2.45, 2.75) is 44.3 Å². The molecule has 2 aromatic heterocycles. The molecular weight excluding hydrogens is 373 g/mol. The Kier molecular flexibility index (Phi) is 5.38. The Hall–Kier alpha value is -2.59. The molecule has 27 heavy (non-hydrogen) atoms. The zero-order valence-electron chi connectivity index (χ0n) is 14.0. The van der Waals surface area contributed by atoms with E-state index in [-0.39, 0.29) is 24.8 Å². The van der Waals surface area contributed by atoms with E-state index in [1.165, 1.54) is 18.7 Å². The molecule has 0 saturated heterocycles. The second-order valence-electron chi connectivity index (χ2n) is 6.33. The minimum atomic E-state index is -4.76. The molecule has 0 radical (unpaired) electrons. The maximum Gasteiger partial charge on any atom is 0.433 e. The fraction of sp³-hybridized carbons (Fsp3) is 0.500. The molecule has 1 aliphatic rings. The highest BCUT2D eigenvalue weighted by molar-refractivity contribution is 5.92. The number of hydrogen-bond donors (Lipinski definition) is 1. The number of amides is 1. The van der Waals surface area contributed by atoms with Crippen molar-refractivity contribution in [1.29, 1.82) is 0 Å². The van der Waals surface area contributed by atoms with E-state index in [2.05, 4.69) is 20.3 Å². The first-order chi connectivity index (χ1) is 12.7. The van der Waals surface area contributed by atoms with Gasteiger partial charge in [0, 0.05) is 30.4 Å². The Morgan fingerprint density at radius 2 is 1.89 bits per heavy atom. The Balaban J connectivity index is 1.79. The first-order valence-corrected chi connectivity index (χ1v) is 8.27. The van der Waals surface area contributed by atoms with Crippen LogP contribution in [-0.2, 0) is 6.18 Å². The summed E-state index contributed by atoms with van der Waals surface area (Å²) >= 11 is 0. The van der Waals surface area contributed by atoms with E-state index < -0.39 is 35.8 Å². The van der Waals surface area contributed by atoms with Crippen LogP contribution in [0.3, 0.4) is 0 Å². The maximum atomic E-state index is 13.1. The SMILES string of the molecule is O=C(N[C@H]1CC[C@H](C(F)F)CC1)c1cc(C(F)(F)F)nc(-n2ccnc2)n1. The molecule has 146 valence electrons. The number of alkyl halides is 5. The molecule has 0 aliphatic heterocycles. The average molecular weight is 389 g/mol. The molecule has 3 rings (SSSR count). The van der Waals surface area contributed by atoms with E-state index in [4.69, 9.17) is 0 Å². The number of hydrogen-bond acceptors (Lipinski definition) is 4. The quantitative estimate of drug-likeness (QED) is 0.815. The summed E-state index contributed by atoms with van der Waals surface area (Å²) in [7, 11) is 0. The first-order valence-electron chi connectivity index (χ1n) is 8.27. The highest BCUT2D eigenvalue weighted by atomic mass is 19.4. The fourth-order valence-corrected chi connectivity index (χ4v) is 2.96. The van der Waals surface area contributed by atoms with Crippen LogP contribution in [0, 0.1) is 5.92 Å². The van der Waals surface area contributed by atoms with Crippen LogP contribution in [0.15, 0.2) is 24.8 Å². The van der Waals surface area contributed by atoms with Crippen LogP contribution in [0.4, 0.5) is 22.0 Å². The summed E-state index contributed by atoms with van der Waals surface area (Å²) in [6, 6.07) is 0.189. The zero-order chi connectivity index (χ0) is 19.6. The van der Waals surface area contributed by atoms with E-state index in [0.29, 0.717) is 18.9 Å². The second-order valence-corrected chi connectivity index (χ2v) is 6.33. The van der Waals surface area contributed by atoms with E-state index in [1.54, 1.807) is 0 Å². The number of aromatic nitrogens is 4. The Morgan fingerprint density at radius 3 is 2.44 bits per heavy atom. The summed E-state index contributed by atoms with van der Waals surface area (Å²) in [4.78, 5) is 23.4. The van der Waals surface area contributed by atoms with Crippen LogP contribution < -0.4 is 5.32 Å². The van der Waals surface area contributed by atoms with Crippen molar-refractivity contribution in [1.82, 2.24) is 24.8 Å². The van der Waals surface area contributed by atoms with Crippen molar-refractivity contribution in [3.63, 3.8) is 0 Å². The molecule has 6 nitrogen and oxygen atoms in total. The molecule has 0 aromatic carbocycles. The van der Waals surface area contributed by atoms with Crippen LogP contribution in [-0.4, -0.2) is 37.9 Å². The number of imidazole rings is 1. The van der Waals surface area contributed by atoms with Crippen molar-refractivity contribution in [2.75, 3.05) is 0 Å². The van der Waals surface area contributed by atoms with Crippen molar-refractivity contribution in [3.05, 3.63) is 36.2 Å². The van der Waals surface area contributed by atoms with E-state index in [0.717, 1.165) is 4.57 Å². The van der Waals surface area contributed by atoms with Gasteiger partial charge in [-0.3, -0.25) is 9.36 Å². The van der Waals surface area contributed by atoms with Gasteiger partial charge in [0.1, 0.15) is 12.0 Å². The summed E-state index contributed by atoms with van der Waals surface area (Å²) in [6.07, 6.45) is -2.09. The van der Waals surface area contributed by atoms with E-state index in [9.17, 15) is 26.7 Å². The first kappa shape index (κ1) is 19.2. The van der Waals surface area contributed by atoms with Gasteiger partial charge in [0.2, 0.25) is 12.4 Å². The Bertz CT molecular complexity index is 785. The Labute approximate surface area is 150 Å². The number of carbonyl (C=O) groups is 1. The van der Waals surface area contributed by atoms with Gasteiger partial charge >= 0.3 is 6.18 Å². The largest absolute Gasteiger partial charge is 0.433 e. The zero-order valence-corrected chi connectivity index (χ0v) is 14.0. The van der Waals surface area contributed by atoms with Crippen LogP contribution in [0.5, 0.6) is 0 Å². The number of nitrogens with one attached hydrogen (secondary N) is 1. The van der Waals surface area contributed by atoms with Crippen molar-refractivity contribution in [3.8, 4) is 5.95 Å². The van der Waals surface area contributed by atoms with Crippen LogP contribution in [0.2, 0.25) is 0 Å². The highest BCUT2D eigenvalue weighted by Crippen LogP contribution is 2.30. The molecule has 1 fully saturated rings. The van der Waals surface area contributed by atoms with Gasteiger partial charge in [-0.25, -0.2) is 23.7 Å². The summed E-state index contributed by atoms with van der Waals surface area (Å²) < 4.78 is 65.9. The van der Waals surface area contributed by atoms with Gasteiger partial charge in [0.15, 0.2) is 5.69 Å². The van der Waals surface area contributed by atoms with Crippen molar-refractivity contribution in [2.24, 2.45) is 5.92 Å². The summed E-state index contributed by atoms with van der Waals surface area (Å²) in [5, 5.41) is 2.58. The smallest absolute Gasteiger partial charge is 0.348 e. The van der Waals surface area contributed by atoms with Gasteiger partial charge in [0.05, 0.1) is 0 Å².